The minimum absolute atomic E-state index is 0.459. The first-order chi connectivity index (χ1) is 9.89. The largest absolute Gasteiger partial charge is 0.419 e. The minimum Gasteiger partial charge on any atom is -0.307 e. The van der Waals surface area contributed by atoms with Crippen molar-refractivity contribution in [1.29, 1.82) is 0 Å². The number of hydrogen-bond donors (Lipinski definition) is 1. The Morgan fingerprint density at radius 3 is 2.62 bits per heavy atom. The summed E-state index contributed by atoms with van der Waals surface area (Å²) in [6.07, 6.45) is 0.847. The lowest BCUT2D eigenvalue weighted by Crippen LogP contribution is -2.42. The molecule has 1 atom stereocenters. The smallest absolute Gasteiger partial charge is 0.307 e. The van der Waals surface area contributed by atoms with Crippen molar-refractivity contribution >= 4 is 0 Å². The van der Waals surface area contributed by atoms with E-state index in [1.54, 1.807) is 0 Å². The molecule has 1 saturated heterocycles. The van der Waals surface area contributed by atoms with Gasteiger partial charge in [-0.25, -0.2) is 4.39 Å². The molecule has 0 spiro atoms. The molecule has 0 aromatic heterocycles. The quantitative estimate of drug-likeness (QED) is 0.775. The maximum atomic E-state index is 13.5. The minimum atomic E-state index is -4.65. The van der Waals surface area contributed by atoms with Crippen molar-refractivity contribution in [3.63, 3.8) is 0 Å². The molecule has 0 aliphatic carbocycles. The van der Waals surface area contributed by atoms with E-state index in [1.807, 2.05) is 6.92 Å². The molecule has 1 fully saturated rings. The highest BCUT2D eigenvalue weighted by molar-refractivity contribution is 5.32. The van der Waals surface area contributed by atoms with Crippen molar-refractivity contribution in [2.45, 2.75) is 57.2 Å². The van der Waals surface area contributed by atoms with Crippen LogP contribution in [0.5, 0.6) is 0 Å². The van der Waals surface area contributed by atoms with Gasteiger partial charge < -0.3 is 5.32 Å². The summed E-state index contributed by atoms with van der Waals surface area (Å²) in [5.74, 6) is -1.20. The van der Waals surface area contributed by atoms with Crippen LogP contribution in [0.1, 0.15) is 56.6 Å². The third kappa shape index (κ3) is 3.57. The van der Waals surface area contributed by atoms with Crippen LogP contribution in [-0.4, -0.2) is 6.54 Å². The summed E-state index contributed by atoms with van der Waals surface area (Å²) in [5.41, 5.74) is -1.07. The molecule has 1 N–H and O–H groups in total. The molecule has 0 bridgehead atoms. The first kappa shape index (κ1) is 16.3. The zero-order valence-corrected chi connectivity index (χ0v) is 12.2. The molecule has 1 aliphatic rings. The van der Waals surface area contributed by atoms with Crippen LogP contribution in [-0.2, 0) is 11.7 Å². The van der Waals surface area contributed by atoms with E-state index >= 15 is 0 Å². The zero-order valence-electron chi connectivity index (χ0n) is 12.2. The van der Waals surface area contributed by atoms with Gasteiger partial charge in [-0.05, 0) is 43.5 Å². The fourth-order valence-electron chi connectivity index (χ4n) is 3.22. The normalized spacial score (nSPS) is 23.9. The Morgan fingerprint density at radius 1 is 1.19 bits per heavy atom. The summed E-state index contributed by atoms with van der Waals surface area (Å²) in [5, 5.41) is 3.42. The molecule has 1 heterocycles. The van der Waals surface area contributed by atoms with Crippen molar-refractivity contribution in [1.82, 2.24) is 5.32 Å². The highest BCUT2D eigenvalue weighted by Gasteiger charge is 2.38. The Morgan fingerprint density at radius 2 is 1.95 bits per heavy atom. The lowest BCUT2D eigenvalue weighted by atomic mass is 9.81. The summed E-state index contributed by atoms with van der Waals surface area (Å²) in [6.45, 7) is 2.81. The van der Waals surface area contributed by atoms with Gasteiger partial charge in [-0.1, -0.05) is 32.3 Å². The van der Waals surface area contributed by atoms with Gasteiger partial charge in [0.2, 0.25) is 0 Å². The monoisotopic (exact) mass is 303 g/mol. The lowest BCUT2D eigenvalue weighted by Gasteiger charge is -2.35. The van der Waals surface area contributed by atoms with Gasteiger partial charge in [-0.15, -0.1) is 0 Å². The first-order valence-electron chi connectivity index (χ1n) is 7.51. The molecule has 1 nitrogen and oxygen atoms in total. The molecule has 118 valence electrons. The van der Waals surface area contributed by atoms with Gasteiger partial charge in [0.1, 0.15) is 5.82 Å². The van der Waals surface area contributed by atoms with E-state index in [0.717, 1.165) is 57.2 Å². The second kappa shape index (κ2) is 6.34. The van der Waals surface area contributed by atoms with Gasteiger partial charge in [-0.2, -0.15) is 13.2 Å². The van der Waals surface area contributed by atoms with Crippen molar-refractivity contribution in [2.75, 3.05) is 6.54 Å². The molecule has 1 aromatic rings. The number of hydrogen-bond acceptors (Lipinski definition) is 1. The van der Waals surface area contributed by atoms with Crippen molar-refractivity contribution < 1.29 is 17.6 Å². The van der Waals surface area contributed by atoms with Gasteiger partial charge >= 0.3 is 6.18 Å². The van der Waals surface area contributed by atoms with Crippen LogP contribution in [0.2, 0.25) is 0 Å². The number of nitrogens with one attached hydrogen (secondary N) is 1. The molecule has 21 heavy (non-hydrogen) atoms. The maximum Gasteiger partial charge on any atom is 0.419 e. The van der Waals surface area contributed by atoms with E-state index in [2.05, 4.69) is 5.32 Å². The molecule has 0 saturated carbocycles. The van der Waals surface area contributed by atoms with Crippen molar-refractivity contribution in [3.8, 4) is 0 Å². The average Bonchev–Trinajstić information content (AvgIpc) is 2.65. The second-order valence-electron chi connectivity index (χ2n) is 5.76. The number of rotatable bonds is 3. The fraction of sp³-hybridized carbons (Fsp3) is 0.625. The van der Waals surface area contributed by atoms with E-state index in [9.17, 15) is 17.6 Å². The molecular weight excluding hydrogens is 282 g/mol. The number of alkyl halides is 3. The van der Waals surface area contributed by atoms with E-state index in [0.29, 0.717) is 5.56 Å². The van der Waals surface area contributed by atoms with Crippen molar-refractivity contribution in [3.05, 3.63) is 35.1 Å². The predicted molar refractivity (Wildman–Crippen MR) is 74.5 cm³/mol. The Kier molecular flexibility index (Phi) is 4.91. The molecule has 0 amide bonds. The maximum absolute atomic E-state index is 13.5. The van der Waals surface area contributed by atoms with Gasteiger partial charge in [-0.3, -0.25) is 0 Å². The summed E-state index contributed by atoms with van der Waals surface area (Å²) in [4.78, 5) is 0. The van der Waals surface area contributed by atoms with E-state index in [1.165, 1.54) is 6.07 Å². The number of halogens is 4. The van der Waals surface area contributed by atoms with Crippen LogP contribution < -0.4 is 5.32 Å². The van der Waals surface area contributed by atoms with Crippen LogP contribution in [0.25, 0.3) is 0 Å². The molecule has 5 heteroatoms. The van der Waals surface area contributed by atoms with Crippen LogP contribution >= 0.6 is 0 Å². The second-order valence-corrected chi connectivity index (χ2v) is 5.76. The molecule has 2 rings (SSSR count). The van der Waals surface area contributed by atoms with E-state index in [-0.39, 0.29) is 0 Å². The van der Waals surface area contributed by atoms with Gasteiger partial charge in [0.05, 0.1) is 5.56 Å². The zero-order chi connectivity index (χ0) is 15.5. The molecule has 1 aromatic carbocycles. The van der Waals surface area contributed by atoms with E-state index in [4.69, 9.17) is 0 Å². The predicted octanol–water partition coefficient (Wildman–Crippen LogP) is 5.00. The first-order valence-corrected chi connectivity index (χ1v) is 7.51. The van der Waals surface area contributed by atoms with Crippen LogP contribution in [0.4, 0.5) is 17.6 Å². The molecular formula is C16H21F4N. The fourth-order valence-corrected chi connectivity index (χ4v) is 3.22. The van der Waals surface area contributed by atoms with Gasteiger partial charge in [0.15, 0.2) is 0 Å². The standard InChI is InChI=1S/C16H21F4N/c1-2-8-15(9-4-3-5-10-21-15)12-6-7-14(17)13(11-12)16(18,19)20/h6-7,11,21H,2-5,8-10H2,1H3. The molecule has 1 unspecified atom stereocenters. The summed E-state index contributed by atoms with van der Waals surface area (Å²) < 4.78 is 52.3. The van der Waals surface area contributed by atoms with Gasteiger partial charge in [0, 0.05) is 5.54 Å². The summed E-state index contributed by atoms with van der Waals surface area (Å²) in [6, 6.07) is 3.43. The lowest BCUT2D eigenvalue weighted by molar-refractivity contribution is -0.140. The summed E-state index contributed by atoms with van der Waals surface area (Å²) >= 11 is 0. The SMILES string of the molecule is CCCC1(c2ccc(F)c(C(F)(F)F)c2)CCCCCN1. The summed E-state index contributed by atoms with van der Waals surface area (Å²) in [7, 11) is 0. The topological polar surface area (TPSA) is 12.0 Å². The van der Waals surface area contributed by atoms with E-state index < -0.39 is 23.1 Å². The Hall–Kier alpha value is -1.10. The average molecular weight is 303 g/mol. The Labute approximate surface area is 122 Å². The third-order valence-corrected chi connectivity index (χ3v) is 4.24. The highest BCUT2D eigenvalue weighted by atomic mass is 19.4. The van der Waals surface area contributed by atoms with Gasteiger partial charge in [0.25, 0.3) is 0 Å². The van der Waals surface area contributed by atoms with Crippen LogP contribution in [0.3, 0.4) is 0 Å². The highest BCUT2D eigenvalue weighted by Crippen LogP contribution is 2.38. The Balaban J connectivity index is 2.45. The van der Waals surface area contributed by atoms with Crippen LogP contribution in [0, 0.1) is 5.82 Å². The Bertz CT molecular complexity index is 474. The number of benzene rings is 1. The third-order valence-electron chi connectivity index (χ3n) is 4.24. The van der Waals surface area contributed by atoms with Crippen molar-refractivity contribution in [2.24, 2.45) is 0 Å². The molecule has 1 aliphatic heterocycles. The molecule has 0 radical (unpaired) electrons. The van der Waals surface area contributed by atoms with Crippen LogP contribution in [0.15, 0.2) is 18.2 Å².